The van der Waals surface area contributed by atoms with E-state index in [0.29, 0.717) is 18.8 Å². The molecule has 1 aliphatic rings. The van der Waals surface area contributed by atoms with Crippen molar-refractivity contribution in [1.29, 1.82) is 0 Å². The normalized spacial score (nSPS) is 19.5. The van der Waals surface area contributed by atoms with Gasteiger partial charge in [0.1, 0.15) is 5.75 Å². The molecular formula is C16H21NO5. The minimum atomic E-state index is -1.06. The highest BCUT2D eigenvalue weighted by Gasteiger charge is 2.36. The molecule has 2 unspecified atom stereocenters. The molecular weight excluding hydrogens is 286 g/mol. The second-order valence-electron chi connectivity index (χ2n) is 5.29. The molecule has 6 heteroatoms. The molecule has 0 aliphatic carbocycles. The summed E-state index contributed by atoms with van der Waals surface area (Å²) in [5.41, 5.74) is 1.04. The van der Waals surface area contributed by atoms with Gasteiger partial charge in [-0.25, -0.2) is 4.79 Å². The lowest BCUT2D eigenvalue weighted by molar-refractivity contribution is -0.161. The predicted octanol–water partition coefficient (Wildman–Crippen LogP) is 1.46. The van der Waals surface area contributed by atoms with E-state index in [9.17, 15) is 14.7 Å². The zero-order chi connectivity index (χ0) is 16.1. The summed E-state index contributed by atoms with van der Waals surface area (Å²) >= 11 is 0. The first-order valence-corrected chi connectivity index (χ1v) is 7.37. The van der Waals surface area contributed by atoms with Gasteiger partial charge in [-0.15, -0.1) is 0 Å². The van der Waals surface area contributed by atoms with Gasteiger partial charge >= 0.3 is 5.97 Å². The number of hydrogen-bond donors (Lipinski definition) is 1. The molecule has 0 radical (unpaired) electrons. The van der Waals surface area contributed by atoms with Crippen molar-refractivity contribution in [3.05, 3.63) is 29.8 Å². The summed E-state index contributed by atoms with van der Waals surface area (Å²) in [7, 11) is 0. The molecule has 1 fully saturated rings. The summed E-state index contributed by atoms with van der Waals surface area (Å²) in [5, 5.41) is 9.22. The lowest BCUT2D eigenvalue weighted by Crippen LogP contribution is -2.56. The third-order valence-corrected chi connectivity index (χ3v) is 3.61. The number of amides is 1. The number of benzene rings is 1. The van der Waals surface area contributed by atoms with Crippen LogP contribution >= 0.6 is 0 Å². The monoisotopic (exact) mass is 307 g/mol. The second kappa shape index (κ2) is 7.26. The Morgan fingerprint density at radius 1 is 1.50 bits per heavy atom. The topological polar surface area (TPSA) is 76.1 Å². The molecule has 1 heterocycles. The van der Waals surface area contributed by atoms with Crippen molar-refractivity contribution in [2.45, 2.75) is 32.4 Å². The average Bonchev–Trinajstić information content (AvgIpc) is 2.52. The number of ether oxygens (including phenoxy) is 2. The highest BCUT2D eigenvalue weighted by molar-refractivity contribution is 5.87. The van der Waals surface area contributed by atoms with Gasteiger partial charge in [-0.3, -0.25) is 4.79 Å². The largest absolute Gasteiger partial charge is 0.481 e. The van der Waals surface area contributed by atoms with E-state index in [1.54, 1.807) is 6.07 Å². The fourth-order valence-corrected chi connectivity index (χ4v) is 2.42. The second-order valence-corrected chi connectivity index (χ2v) is 5.29. The predicted molar refractivity (Wildman–Crippen MR) is 79.8 cm³/mol. The van der Waals surface area contributed by atoms with Crippen LogP contribution in [0.15, 0.2) is 24.3 Å². The summed E-state index contributed by atoms with van der Waals surface area (Å²) in [6, 6.07) is 6.49. The Bertz CT molecular complexity index is 545. The van der Waals surface area contributed by atoms with Crippen LogP contribution in [0.3, 0.4) is 0 Å². The van der Waals surface area contributed by atoms with Crippen molar-refractivity contribution < 1.29 is 24.2 Å². The number of carbonyl (C=O) groups is 2. The molecule has 0 saturated carbocycles. The van der Waals surface area contributed by atoms with Crippen molar-refractivity contribution in [2.24, 2.45) is 0 Å². The van der Waals surface area contributed by atoms with Crippen LogP contribution in [0.1, 0.15) is 18.9 Å². The molecule has 120 valence electrons. The Balaban J connectivity index is 2.12. The SMILES string of the molecule is CCC(Oc1cccc(C)c1)C(=O)N1CCOCC1C(=O)O. The van der Waals surface area contributed by atoms with Crippen LogP contribution in [-0.4, -0.2) is 53.8 Å². The Kier molecular flexibility index (Phi) is 5.38. The van der Waals surface area contributed by atoms with E-state index in [1.165, 1.54) is 4.90 Å². The molecule has 0 spiro atoms. The summed E-state index contributed by atoms with van der Waals surface area (Å²) in [6.07, 6.45) is -0.224. The lowest BCUT2D eigenvalue weighted by atomic mass is 10.1. The van der Waals surface area contributed by atoms with E-state index in [0.717, 1.165) is 5.56 Å². The number of carboxylic acids is 1. The van der Waals surface area contributed by atoms with Gasteiger partial charge in [-0.2, -0.15) is 0 Å². The third kappa shape index (κ3) is 3.76. The quantitative estimate of drug-likeness (QED) is 0.891. The molecule has 1 aromatic rings. The molecule has 6 nitrogen and oxygen atoms in total. The molecule has 1 saturated heterocycles. The van der Waals surface area contributed by atoms with Crippen LogP contribution in [-0.2, 0) is 14.3 Å². The number of hydrogen-bond acceptors (Lipinski definition) is 4. The van der Waals surface area contributed by atoms with Gasteiger partial charge < -0.3 is 19.5 Å². The Morgan fingerprint density at radius 2 is 2.27 bits per heavy atom. The lowest BCUT2D eigenvalue weighted by Gasteiger charge is -2.35. The molecule has 1 amide bonds. The van der Waals surface area contributed by atoms with Crippen LogP contribution < -0.4 is 4.74 Å². The number of aliphatic carboxylic acids is 1. The summed E-state index contributed by atoms with van der Waals surface area (Å²) < 4.78 is 10.9. The number of carboxylic acid groups (broad SMARTS) is 1. The number of nitrogens with zero attached hydrogens (tertiary/aromatic N) is 1. The maximum atomic E-state index is 12.6. The number of aryl methyl sites for hydroxylation is 1. The van der Waals surface area contributed by atoms with Crippen molar-refractivity contribution >= 4 is 11.9 Å². The van der Waals surface area contributed by atoms with Gasteiger partial charge in [0.15, 0.2) is 12.1 Å². The van der Waals surface area contributed by atoms with E-state index in [2.05, 4.69) is 0 Å². The third-order valence-electron chi connectivity index (χ3n) is 3.61. The van der Waals surface area contributed by atoms with Crippen LogP contribution in [0.25, 0.3) is 0 Å². The fourth-order valence-electron chi connectivity index (χ4n) is 2.42. The molecule has 1 N–H and O–H groups in total. The first-order chi connectivity index (χ1) is 10.5. The summed E-state index contributed by atoms with van der Waals surface area (Å²) in [6.45, 7) is 4.41. The zero-order valence-corrected chi connectivity index (χ0v) is 12.8. The minimum Gasteiger partial charge on any atom is -0.481 e. The van der Waals surface area contributed by atoms with E-state index in [4.69, 9.17) is 9.47 Å². The van der Waals surface area contributed by atoms with Crippen LogP contribution in [0.5, 0.6) is 5.75 Å². The van der Waals surface area contributed by atoms with Crippen molar-refractivity contribution in [3.63, 3.8) is 0 Å². The van der Waals surface area contributed by atoms with E-state index >= 15 is 0 Å². The van der Waals surface area contributed by atoms with Gasteiger partial charge in [0, 0.05) is 6.54 Å². The molecule has 2 atom stereocenters. The molecule has 1 aromatic carbocycles. The maximum absolute atomic E-state index is 12.6. The van der Waals surface area contributed by atoms with Gasteiger partial charge in [0.2, 0.25) is 0 Å². The zero-order valence-electron chi connectivity index (χ0n) is 12.8. The summed E-state index contributed by atoms with van der Waals surface area (Å²) in [4.78, 5) is 25.2. The van der Waals surface area contributed by atoms with Crippen molar-refractivity contribution in [3.8, 4) is 5.75 Å². The number of morpholine rings is 1. The molecule has 0 bridgehead atoms. The number of rotatable bonds is 5. The van der Waals surface area contributed by atoms with Gasteiger partial charge in [-0.1, -0.05) is 19.1 Å². The highest BCUT2D eigenvalue weighted by Crippen LogP contribution is 2.18. The smallest absolute Gasteiger partial charge is 0.328 e. The van der Waals surface area contributed by atoms with Gasteiger partial charge in [-0.05, 0) is 31.0 Å². The molecule has 0 aromatic heterocycles. The van der Waals surface area contributed by atoms with Crippen LogP contribution in [0.2, 0.25) is 0 Å². The molecule has 22 heavy (non-hydrogen) atoms. The van der Waals surface area contributed by atoms with Crippen LogP contribution in [0, 0.1) is 6.92 Å². The van der Waals surface area contributed by atoms with Gasteiger partial charge in [0.25, 0.3) is 5.91 Å². The Labute approximate surface area is 129 Å². The number of carbonyl (C=O) groups excluding carboxylic acids is 1. The fraction of sp³-hybridized carbons (Fsp3) is 0.500. The van der Waals surface area contributed by atoms with Crippen molar-refractivity contribution in [2.75, 3.05) is 19.8 Å². The highest BCUT2D eigenvalue weighted by atomic mass is 16.5. The first-order valence-electron chi connectivity index (χ1n) is 7.37. The first kappa shape index (κ1) is 16.3. The summed E-state index contributed by atoms with van der Waals surface area (Å²) in [5.74, 6) is -0.751. The minimum absolute atomic E-state index is 0.0158. The van der Waals surface area contributed by atoms with E-state index < -0.39 is 18.1 Å². The van der Waals surface area contributed by atoms with Gasteiger partial charge in [0.05, 0.1) is 13.2 Å². The molecule has 1 aliphatic heterocycles. The Hall–Kier alpha value is -2.08. The van der Waals surface area contributed by atoms with Crippen molar-refractivity contribution in [1.82, 2.24) is 4.90 Å². The molecule has 2 rings (SSSR count). The Morgan fingerprint density at radius 3 is 2.91 bits per heavy atom. The van der Waals surface area contributed by atoms with Crippen LogP contribution in [0.4, 0.5) is 0 Å². The standard InChI is InChI=1S/C16H21NO5/c1-3-14(22-12-6-4-5-11(2)9-12)15(18)17-7-8-21-10-13(17)16(19)20/h4-6,9,13-14H,3,7-8,10H2,1-2H3,(H,19,20). The maximum Gasteiger partial charge on any atom is 0.328 e. The average molecular weight is 307 g/mol. The van der Waals surface area contributed by atoms with E-state index in [-0.39, 0.29) is 19.1 Å². The van der Waals surface area contributed by atoms with E-state index in [1.807, 2.05) is 32.0 Å².